The summed E-state index contributed by atoms with van der Waals surface area (Å²) < 4.78 is 61.2. The minimum absolute atomic E-state index is 0.167. The highest BCUT2D eigenvalue weighted by atomic mass is 16.7. The first kappa shape index (κ1) is 74.8. The highest BCUT2D eigenvalue weighted by Gasteiger charge is 2.57. The van der Waals surface area contributed by atoms with Crippen molar-refractivity contribution >= 4 is 47.8 Å². The third kappa shape index (κ3) is 12.0. The van der Waals surface area contributed by atoms with Crippen molar-refractivity contribution in [3.63, 3.8) is 0 Å². The number of benzene rings is 8. The average Bonchev–Trinajstić information content (AvgIpc) is 1.08. The van der Waals surface area contributed by atoms with Gasteiger partial charge in [-0.05, 0) is 42.5 Å². The predicted octanol–water partition coefficient (Wildman–Crippen LogP) is 1.75. The molecule has 0 radical (unpaired) electrons. The molecule has 0 amide bonds. The Balaban J connectivity index is 0.904. The smallest absolute Gasteiger partial charge is 0.342 e. The third-order valence-electron chi connectivity index (χ3n) is 18.0. The van der Waals surface area contributed by atoms with E-state index in [1.807, 2.05) is 0 Å². The number of hydrogen-bond donors (Lipinski definition) is 25. The van der Waals surface area contributed by atoms with Crippen molar-refractivity contribution in [2.75, 3.05) is 13.2 Å². The van der Waals surface area contributed by atoms with Gasteiger partial charge in [0.25, 0.3) is 0 Å². The highest BCUT2D eigenvalue weighted by molar-refractivity contribution is 6.12. The van der Waals surface area contributed by atoms with E-state index in [-0.39, 0.29) is 18.2 Å². The molecule has 584 valence electrons. The second-order valence-corrected chi connectivity index (χ2v) is 24.6. The minimum atomic E-state index is -2.76. The number of aromatic hydroxyl groups is 23. The van der Waals surface area contributed by atoms with Crippen LogP contribution >= 0.6 is 0 Å². The fraction of sp³-hybridized carbons (Fsp3) is 0.176. The largest absolute Gasteiger partial charge is 0.504 e. The zero-order chi connectivity index (χ0) is 81.5. The summed E-state index contributed by atoms with van der Waals surface area (Å²) in [6, 6.07) is 3.15. The number of carbonyl (C=O) groups is 8. The molecule has 112 heavy (non-hydrogen) atoms. The summed E-state index contributed by atoms with van der Waals surface area (Å²) in [5.41, 5.74) is -17.0. The summed E-state index contributed by atoms with van der Waals surface area (Å²) in [6.07, 6.45) is -25.9. The molecular weight excluding hydrogens is 1520 g/mol. The van der Waals surface area contributed by atoms with Crippen molar-refractivity contribution in [3.05, 3.63) is 99.1 Å². The van der Waals surface area contributed by atoms with Gasteiger partial charge in [0.1, 0.15) is 31.0 Å². The fourth-order valence-corrected chi connectivity index (χ4v) is 12.6. The first-order valence-electron chi connectivity index (χ1n) is 31.2. The predicted molar refractivity (Wildman–Crippen MR) is 344 cm³/mol. The number of ether oxygens (including phenoxy) is 11. The van der Waals surface area contributed by atoms with Gasteiger partial charge in [-0.3, -0.25) is 0 Å². The molecular formula is C68H48O44. The van der Waals surface area contributed by atoms with Crippen LogP contribution in [0.4, 0.5) is 0 Å². The normalized spacial score (nSPS) is 21.2. The first-order chi connectivity index (χ1) is 52.7. The maximum absolute atomic E-state index is 15.2. The van der Waals surface area contributed by atoms with Gasteiger partial charge in [0.15, 0.2) is 147 Å². The van der Waals surface area contributed by atoms with Crippen molar-refractivity contribution in [2.45, 2.75) is 61.4 Å². The Morgan fingerprint density at radius 3 is 1.09 bits per heavy atom. The van der Waals surface area contributed by atoms with Crippen LogP contribution in [0, 0.1) is 0 Å². The van der Waals surface area contributed by atoms with Crippen LogP contribution in [0.3, 0.4) is 0 Å². The van der Waals surface area contributed by atoms with Gasteiger partial charge in [0.05, 0.1) is 38.9 Å². The molecule has 0 bridgehead atoms. The van der Waals surface area contributed by atoms with Crippen molar-refractivity contribution in [3.8, 4) is 177 Å². The van der Waals surface area contributed by atoms with Crippen LogP contribution in [0.25, 0.3) is 33.4 Å². The third-order valence-corrected chi connectivity index (χ3v) is 18.0. The number of aliphatic hydroxyl groups excluding tert-OH is 2. The Kier molecular flexibility index (Phi) is 18.1. The molecule has 10 atom stereocenters. The number of esters is 8. The van der Waals surface area contributed by atoms with Gasteiger partial charge in [0.2, 0.25) is 46.0 Å². The monoisotopic (exact) mass is 1570 g/mol. The van der Waals surface area contributed by atoms with Crippen molar-refractivity contribution in [1.29, 1.82) is 0 Å². The van der Waals surface area contributed by atoms with Crippen LogP contribution in [0.15, 0.2) is 54.6 Å². The lowest BCUT2D eigenvalue weighted by atomic mass is 9.91. The zero-order valence-electron chi connectivity index (χ0n) is 54.8. The molecule has 5 heterocycles. The molecule has 25 N–H and O–H groups in total. The van der Waals surface area contributed by atoms with E-state index in [2.05, 4.69) is 0 Å². The molecule has 13 rings (SSSR count). The Morgan fingerprint density at radius 2 is 0.670 bits per heavy atom. The number of phenols is 23. The van der Waals surface area contributed by atoms with E-state index in [4.69, 9.17) is 52.1 Å². The van der Waals surface area contributed by atoms with Gasteiger partial charge in [-0.15, -0.1) is 0 Å². The van der Waals surface area contributed by atoms with Crippen LogP contribution in [0.5, 0.6) is 144 Å². The number of aliphatic hydroxyl groups is 2. The molecule has 5 aliphatic heterocycles. The zero-order valence-corrected chi connectivity index (χ0v) is 54.8. The molecule has 2 saturated heterocycles. The summed E-state index contributed by atoms with van der Waals surface area (Å²) in [6.45, 7) is -2.88. The molecule has 44 heteroatoms. The molecule has 0 unspecified atom stereocenters. The SMILES string of the molecule is O=C(OC[C@H]1O[C@@H](O)[C@@H]2OC(=O)c3cc(O)c(O)c(O)c3-c3c(cc(O)c(O)c3O)C(=O)O[C@H]2[C@@H]1OC(=O)c1cc(O)c(O)c(O)c1Oc1cc2c(c(O)c1O)-c1c(cc(O)c(O)c1O)C(=O)O[C@H]1[C@@H]3OC(=O)c4cc(O)c(O)c(O)c4-c4c(cc(O)c(O)c4O)C(=O)O[C@H]3[C@@H](O)O[C@@H]1COC2=O)c1cc(O)c(O)c(O)c1. The van der Waals surface area contributed by atoms with Gasteiger partial charge < -0.3 is 180 Å². The number of carbonyl (C=O) groups excluding carboxylic acids is 8. The van der Waals surface area contributed by atoms with E-state index < -0.39 is 344 Å². The Bertz CT molecular complexity index is 5480. The molecule has 0 spiro atoms. The van der Waals surface area contributed by atoms with E-state index in [1.165, 1.54) is 0 Å². The van der Waals surface area contributed by atoms with Crippen LogP contribution in [0.1, 0.15) is 82.9 Å². The van der Waals surface area contributed by atoms with Crippen molar-refractivity contribution in [2.24, 2.45) is 0 Å². The van der Waals surface area contributed by atoms with E-state index in [1.54, 1.807) is 0 Å². The van der Waals surface area contributed by atoms with Gasteiger partial charge in [0, 0.05) is 45.5 Å². The van der Waals surface area contributed by atoms with Gasteiger partial charge in [-0.2, -0.15) is 0 Å². The minimum Gasteiger partial charge on any atom is -0.504 e. The summed E-state index contributed by atoms with van der Waals surface area (Å²) in [5, 5.41) is 275. The van der Waals surface area contributed by atoms with Crippen LogP contribution in [-0.4, -0.2) is 250 Å². The quantitative estimate of drug-likeness (QED) is 0.0614. The van der Waals surface area contributed by atoms with Gasteiger partial charge in [-0.1, -0.05) is 0 Å². The van der Waals surface area contributed by atoms with Crippen molar-refractivity contribution < 1.29 is 218 Å². The lowest BCUT2D eigenvalue weighted by Crippen LogP contribution is -2.62. The van der Waals surface area contributed by atoms with E-state index in [0.717, 1.165) is 0 Å². The second kappa shape index (κ2) is 27.1. The number of rotatable bonds is 7. The topological polar surface area (TPSA) is 744 Å². The fourth-order valence-electron chi connectivity index (χ4n) is 12.6. The first-order valence-corrected chi connectivity index (χ1v) is 31.2. The second-order valence-electron chi connectivity index (χ2n) is 24.6. The molecule has 5 aliphatic rings. The lowest BCUT2D eigenvalue weighted by Gasteiger charge is -2.43. The Hall–Kier alpha value is -15.4. The Morgan fingerprint density at radius 1 is 0.339 bits per heavy atom. The molecule has 0 aliphatic carbocycles. The van der Waals surface area contributed by atoms with Crippen LogP contribution < -0.4 is 4.74 Å². The van der Waals surface area contributed by atoms with Crippen LogP contribution in [0.2, 0.25) is 0 Å². The number of fused-ring (bicyclic) bond motifs is 13. The summed E-state index contributed by atoms with van der Waals surface area (Å²) in [5.74, 6) is -52.3. The summed E-state index contributed by atoms with van der Waals surface area (Å²) in [4.78, 5) is 116. The Labute approximate surface area is 614 Å². The molecule has 8 aromatic rings. The maximum atomic E-state index is 15.2. The molecule has 8 aromatic carbocycles. The molecule has 0 aromatic heterocycles. The van der Waals surface area contributed by atoms with E-state index >= 15 is 4.79 Å². The molecule has 2 fully saturated rings. The summed E-state index contributed by atoms with van der Waals surface area (Å²) in [7, 11) is 0. The summed E-state index contributed by atoms with van der Waals surface area (Å²) >= 11 is 0. The average molecular weight is 1570 g/mol. The van der Waals surface area contributed by atoms with E-state index in [9.17, 15) is 161 Å². The highest BCUT2D eigenvalue weighted by Crippen LogP contribution is 2.59. The number of phenolic OH excluding ortho intramolecular Hbond substituents is 23. The standard InChI is InChI=1S/C68H48O44/c69-20-1-12(2-21(70)37(20)77)59(92)102-10-29-54(56-58(67(100)105-29)112-65(98)17-7-26(75)41(81)48(88)34(17)32-15(63(96)110-56)5-24(73)39(79)46(32)86)108-66(99)19-8-27(76)43(83)51(91)52(19)104-28-9-18-36(50(90)44(28)84)35-13(3-22(71)42(82)49(35)89)61(94)107-53-30(11-103-60(18)93)106-68(101)57-55(53)109-62(95)14-4-23(72)38(78)45(85)31(14)33-16(64(97)111-57)6-25(74)40(80)47(33)87/h1-9,29-30,53-58,67-91,100-101H,10-11H2/t29-,30-,53-,54-,55+,56+,57-,58-,67-,68+/m1/s1. The lowest BCUT2D eigenvalue weighted by molar-refractivity contribution is -0.284. The van der Waals surface area contributed by atoms with Crippen molar-refractivity contribution in [1.82, 2.24) is 0 Å². The van der Waals surface area contributed by atoms with Crippen LogP contribution in [-0.2, 0) is 47.4 Å². The van der Waals surface area contributed by atoms with Gasteiger partial charge in [-0.25, -0.2) is 38.4 Å². The van der Waals surface area contributed by atoms with E-state index in [0.29, 0.717) is 36.4 Å². The van der Waals surface area contributed by atoms with Gasteiger partial charge >= 0.3 is 47.8 Å². The molecule has 0 saturated carbocycles. The molecule has 44 nitrogen and oxygen atoms in total. The number of hydrogen-bond acceptors (Lipinski definition) is 44. The number of cyclic esters (lactones) is 1. The maximum Gasteiger partial charge on any atom is 0.342 e.